The maximum atomic E-state index is 5.77. The minimum Gasteiger partial charge on any atom is -0.486 e. The quantitative estimate of drug-likeness (QED) is 0.577. The summed E-state index contributed by atoms with van der Waals surface area (Å²) < 4.78 is 7.77. The topological polar surface area (TPSA) is 39.4 Å². The minimum atomic E-state index is 0.453. The van der Waals surface area contributed by atoms with Gasteiger partial charge in [0.05, 0.1) is 17.4 Å². The first kappa shape index (κ1) is 11.4. The second-order valence-corrected chi connectivity index (χ2v) is 5.35. The standard InChI is InChI=1S/C15H11N3OS/c1-2-4-14-11(3-1)7-13(8-16-14)19-10-12-9-18-5-6-20-15(18)17-12/h1-9H,10H2. The van der Waals surface area contributed by atoms with E-state index in [2.05, 4.69) is 9.97 Å². The molecule has 0 N–H and O–H groups in total. The van der Waals surface area contributed by atoms with E-state index in [-0.39, 0.29) is 0 Å². The van der Waals surface area contributed by atoms with Gasteiger partial charge in [-0.05, 0) is 12.1 Å². The van der Waals surface area contributed by atoms with Crippen LogP contribution in [0.4, 0.5) is 0 Å². The Morgan fingerprint density at radius 3 is 3.15 bits per heavy atom. The van der Waals surface area contributed by atoms with E-state index >= 15 is 0 Å². The van der Waals surface area contributed by atoms with Crippen LogP contribution in [-0.2, 0) is 6.61 Å². The van der Waals surface area contributed by atoms with Crippen molar-refractivity contribution in [1.29, 1.82) is 0 Å². The highest BCUT2D eigenvalue weighted by molar-refractivity contribution is 7.15. The number of imidazole rings is 1. The molecule has 3 aromatic heterocycles. The van der Waals surface area contributed by atoms with E-state index in [4.69, 9.17) is 4.74 Å². The fourth-order valence-electron chi connectivity index (χ4n) is 2.13. The number of hydrogen-bond acceptors (Lipinski definition) is 4. The van der Waals surface area contributed by atoms with Crippen LogP contribution in [0.15, 0.2) is 54.3 Å². The summed E-state index contributed by atoms with van der Waals surface area (Å²) in [5, 5.41) is 3.09. The number of aromatic nitrogens is 3. The van der Waals surface area contributed by atoms with Gasteiger partial charge in [0, 0.05) is 23.2 Å². The van der Waals surface area contributed by atoms with Gasteiger partial charge < -0.3 is 4.74 Å². The number of fused-ring (bicyclic) bond motifs is 2. The zero-order valence-corrected chi connectivity index (χ0v) is 11.4. The van der Waals surface area contributed by atoms with Crippen LogP contribution in [-0.4, -0.2) is 14.4 Å². The van der Waals surface area contributed by atoms with Crippen LogP contribution in [0.25, 0.3) is 15.9 Å². The van der Waals surface area contributed by atoms with Crippen molar-refractivity contribution >= 4 is 27.2 Å². The first-order valence-electron chi connectivity index (χ1n) is 6.27. The molecule has 0 saturated heterocycles. The number of thiazole rings is 1. The molecule has 0 saturated carbocycles. The lowest BCUT2D eigenvalue weighted by Gasteiger charge is -2.04. The molecular formula is C15H11N3OS. The van der Waals surface area contributed by atoms with Crippen LogP contribution in [0.5, 0.6) is 5.75 Å². The Kier molecular flexibility index (Phi) is 2.63. The summed E-state index contributed by atoms with van der Waals surface area (Å²) in [6.07, 6.45) is 5.73. The predicted octanol–water partition coefficient (Wildman–Crippen LogP) is 3.52. The molecule has 0 spiro atoms. The highest BCUT2D eigenvalue weighted by Gasteiger charge is 2.04. The van der Waals surface area contributed by atoms with Crippen molar-refractivity contribution in [2.24, 2.45) is 0 Å². The van der Waals surface area contributed by atoms with Crippen LogP contribution >= 0.6 is 11.3 Å². The van der Waals surface area contributed by atoms with Gasteiger partial charge in [0.15, 0.2) is 4.96 Å². The Hall–Kier alpha value is -2.40. The zero-order valence-electron chi connectivity index (χ0n) is 10.6. The van der Waals surface area contributed by atoms with Crippen molar-refractivity contribution in [2.45, 2.75) is 6.61 Å². The van der Waals surface area contributed by atoms with Gasteiger partial charge >= 0.3 is 0 Å². The van der Waals surface area contributed by atoms with E-state index < -0.39 is 0 Å². The average Bonchev–Trinajstić information content (AvgIpc) is 3.06. The maximum absolute atomic E-state index is 5.77. The number of pyridine rings is 1. The number of rotatable bonds is 3. The minimum absolute atomic E-state index is 0.453. The van der Waals surface area contributed by atoms with Crippen LogP contribution in [0.1, 0.15) is 5.69 Å². The first-order chi connectivity index (χ1) is 9.88. The van der Waals surface area contributed by atoms with Crippen molar-refractivity contribution in [3.05, 3.63) is 60.0 Å². The third-order valence-electron chi connectivity index (χ3n) is 3.10. The lowest BCUT2D eigenvalue weighted by molar-refractivity contribution is 0.301. The molecule has 4 aromatic rings. The maximum Gasteiger partial charge on any atom is 0.193 e. The number of benzene rings is 1. The van der Waals surface area contributed by atoms with Gasteiger partial charge in [-0.2, -0.15) is 0 Å². The summed E-state index contributed by atoms with van der Waals surface area (Å²) in [7, 11) is 0. The molecule has 0 aliphatic carbocycles. The van der Waals surface area contributed by atoms with E-state index in [1.54, 1.807) is 17.5 Å². The molecular weight excluding hydrogens is 270 g/mol. The van der Waals surface area contributed by atoms with Gasteiger partial charge in [-0.25, -0.2) is 4.98 Å². The Balaban J connectivity index is 1.56. The van der Waals surface area contributed by atoms with Gasteiger partial charge in [-0.3, -0.25) is 9.38 Å². The summed E-state index contributed by atoms with van der Waals surface area (Å²) in [4.78, 5) is 9.85. The molecule has 0 bridgehead atoms. The lowest BCUT2D eigenvalue weighted by atomic mass is 10.2. The van der Waals surface area contributed by atoms with Crippen molar-refractivity contribution in [3.8, 4) is 5.75 Å². The SMILES string of the molecule is c1ccc2ncc(OCc3cn4ccsc4n3)cc2c1. The second kappa shape index (κ2) is 4.61. The predicted molar refractivity (Wildman–Crippen MR) is 79.1 cm³/mol. The molecule has 98 valence electrons. The van der Waals surface area contributed by atoms with Crippen molar-refractivity contribution in [2.75, 3.05) is 0 Å². The van der Waals surface area contributed by atoms with Gasteiger partial charge in [0.25, 0.3) is 0 Å². The summed E-state index contributed by atoms with van der Waals surface area (Å²) in [5.41, 5.74) is 1.90. The number of hydrogen-bond donors (Lipinski definition) is 0. The summed E-state index contributed by atoms with van der Waals surface area (Å²) in [5.74, 6) is 0.764. The Labute approximate surface area is 119 Å². The second-order valence-electron chi connectivity index (χ2n) is 4.48. The first-order valence-corrected chi connectivity index (χ1v) is 7.15. The summed E-state index contributed by atoms with van der Waals surface area (Å²) in [6, 6.07) is 10.00. The largest absolute Gasteiger partial charge is 0.486 e. The number of nitrogens with zero attached hydrogens (tertiary/aromatic N) is 3. The summed E-state index contributed by atoms with van der Waals surface area (Å²) >= 11 is 1.62. The van der Waals surface area contributed by atoms with Crippen molar-refractivity contribution in [1.82, 2.24) is 14.4 Å². The monoisotopic (exact) mass is 281 g/mol. The molecule has 0 fully saturated rings. The van der Waals surface area contributed by atoms with E-state index in [9.17, 15) is 0 Å². The van der Waals surface area contributed by atoms with Gasteiger partial charge in [-0.15, -0.1) is 11.3 Å². The third-order valence-corrected chi connectivity index (χ3v) is 3.87. The fraction of sp³-hybridized carbons (Fsp3) is 0.0667. The number of ether oxygens (including phenoxy) is 1. The zero-order chi connectivity index (χ0) is 13.4. The molecule has 3 heterocycles. The Bertz CT molecular complexity index is 852. The van der Waals surface area contributed by atoms with Crippen molar-refractivity contribution in [3.63, 3.8) is 0 Å². The average molecular weight is 281 g/mol. The van der Waals surface area contributed by atoms with Crippen LogP contribution in [0, 0.1) is 0 Å². The molecule has 0 aliphatic rings. The molecule has 0 unspecified atom stereocenters. The molecule has 4 rings (SSSR count). The smallest absolute Gasteiger partial charge is 0.193 e. The molecule has 5 heteroatoms. The summed E-state index contributed by atoms with van der Waals surface area (Å²) in [6.45, 7) is 0.453. The lowest BCUT2D eigenvalue weighted by Crippen LogP contribution is -1.96. The fourth-order valence-corrected chi connectivity index (χ4v) is 2.85. The molecule has 0 atom stereocenters. The highest BCUT2D eigenvalue weighted by Crippen LogP contribution is 2.19. The van der Waals surface area contributed by atoms with Crippen molar-refractivity contribution < 1.29 is 4.74 Å². The van der Waals surface area contributed by atoms with Crippen LogP contribution < -0.4 is 4.74 Å². The molecule has 4 nitrogen and oxygen atoms in total. The van der Waals surface area contributed by atoms with Gasteiger partial charge in [0.1, 0.15) is 12.4 Å². The molecule has 1 aromatic carbocycles. The normalized spacial score (nSPS) is 11.2. The Morgan fingerprint density at radius 1 is 1.25 bits per heavy atom. The molecule has 0 radical (unpaired) electrons. The highest BCUT2D eigenvalue weighted by atomic mass is 32.1. The van der Waals surface area contributed by atoms with Crippen LogP contribution in [0.2, 0.25) is 0 Å². The molecule has 0 amide bonds. The molecule has 0 aliphatic heterocycles. The molecule has 20 heavy (non-hydrogen) atoms. The van der Waals surface area contributed by atoms with E-state index in [1.807, 2.05) is 52.5 Å². The van der Waals surface area contributed by atoms with Gasteiger partial charge in [-0.1, -0.05) is 18.2 Å². The van der Waals surface area contributed by atoms with E-state index in [0.29, 0.717) is 6.61 Å². The van der Waals surface area contributed by atoms with E-state index in [0.717, 1.165) is 27.3 Å². The van der Waals surface area contributed by atoms with E-state index in [1.165, 1.54) is 0 Å². The number of para-hydroxylation sites is 1. The third kappa shape index (κ3) is 2.02. The Morgan fingerprint density at radius 2 is 2.20 bits per heavy atom. The van der Waals surface area contributed by atoms with Gasteiger partial charge in [0.2, 0.25) is 0 Å². The van der Waals surface area contributed by atoms with Crippen LogP contribution in [0.3, 0.4) is 0 Å².